The first-order valence-electron chi connectivity index (χ1n) is 3.30. The van der Waals surface area contributed by atoms with Crippen LogP contribution in [0.3, 0.4) is 0 Å². The summed E-state index contributed by atoms with van der Waals surface area (Å²) in [5.41, 5.74) is 0. The van der Waals surface area contributed by atoms with Crippen molar-refractivity contribution >= 4 is 11.5 Å². The smallest absolute Gasteiger partial charge is 0.216 e. The van der Waals surface area contributed by atoms with Gasteiger partial charge in [-0.25, -0.2) is 4.98 Å². The Labute approximate surface area is 72.4 Å². The van der Waals surface area contributed by atoms with Crippen LogP contribution >= 0.6 is 11.5 Å². The predicted octanol–water partition coefficient (Wildman–Crippen LogP) is 0.0370. The maximum atomic E-state index is 4.12. The molecule has 0 aliphatic rings. The molecule has 2 aromatic rings. The molecule has 0 bridgehead atoms. The van der Waals surface area contributed by atoms with Crippen LogP contribution in [-0.2, 0) is 7.05 Å². The van der Waals surface area contributed by atoms with Crippen molar-refractivity contribution in [2.75, 3.05) is 0 Å². The lowest BCUT2D eigenvalue weighted by Crippen LogP contribution is -1.91. The van der Waals surface area contributed by atoms with Gasteiger partial charge in [-0.05, 0) is 23.7 Å². The molecule has 0 spiro atoms. The van der Waals surface area contributed by atoms with Crippen molar-refractivity contribution in [1.82, 2.24) is 29.6 Å². The molecule has 0 aliphatic heterocycles. The number of tetrazole rings is 1. The summed E-state index contributed by atoms with van der Waals surface area (Å²) in [7, 11) is 1.71. The maximum absolute atomic E-state index is 4.12. The Balaban J connectivity index is 2.43. The van der Waals surface area contributed by atoms with Crippen LogP contribution in [0.1, 0.15) is 5.82 Å². The fraction of sp³-hybridized carbons (Fsp3) is 0.400. The molecule has 0 atom stereocenters. The first-order valence-corrected chi connectivity index (χ1v) is 4.08. The van der Waals surface area contributed by atoms with Crippen LogP contribution in [0.5, 0.6) is 0 Å². The number of aromatic nitrogens is 6. The van der Waals surface area contributed by atoms with Gasteiger partial charge in [-0.2, -0.15) is 9.17 Å². The van der Waals surface area contributed by atoms with E-state index in [0.29, 0.717) is 10.8 Å². The Morgan fingerprint density at radius 3 is 2.75 bits per heavy atom. The molecular formula is C5H6N6S. The number of aryl methyl sites for hydroxylation is 2. The van der Waals surface area contributed by atoms with Crippen LogP contribution in [-0.4, -0.2) is 29.6 Å². The van der Waals surface area contributed by atoms with Crippen LogP contribution in [0.15, 0.2) is 0 Å². The quantitative estimate of drug-likeness (QED) is 0.622. The third-order valence-electron chi connectivity index (χ3n) is 1.23. The molecular weight excluding hydrogens is 176 g/mol. The van der Waals surface area contributed by atoms with Crippen molar-refractivity contribution in [3.63, 3.8) is 0 Å². The van der Waals surface area contributed by atoms with Gasteiger partial charge in [0.05, 0.1) is 7.05 Å². The van der Waals surface area contributed by atoms with E-state index in [-0.39, 0.29) is 0 Å². The van der Waals surface area contributed by atoms with Crippen molar-refractivity contribution in [3.8, 4) is 10.8 Å². The Bertz CT molecular complexity index is 352. The second kappa shape index (κ2) is 2.59. The fourth-order valence-corrected chi connectivity index (χ4v) is 1.35. The van der Waals surface area contributed by atoms with E-state index in [1.165, 1.54) is 16.3 Å². The van der Waals surface area contributed by atoms with Gasteiger partial charge in [-0.15, -0.1) is 10.2 Å². The summed E-state index contributed by atoms with van der Waals surface area (Å²) in [5.74, 6) is 1.27. The Morgan fingerprint density at radius 2 is 2.25 bits per heavy atom. The van der Waals surface area contributed by atoms with E-state index in [9.17, 15) is 0 Å². The van der Waals surface area contributed by atoms with E-state index in [0.717, 1.165) is 5.82 Å². The van der Waals surface area contributed by atoms with Crippen molar-refractivity contribution in [2.24, 2.45) is 7.05 Å². The van der Waals surface area contributed by atoms with E-state index < -0.39 is 0 Å². The normalized spacial score (nSPS) is 10.5. The average molecular weight is 182 g/mol. The minimum atomic E-state index is 0.531. The predicted molar refractivity (Wildman–Crippen MR) is 42.4 cm³/mol. The van der Waals surface area contributed by atoms with Gasteiger partial charge in [0.15, 0.2) is 5.01 Å². The summed E-state index contributed by atoms with van der Waals surface area (Å²) in [5, 5.41) is 12.2. The van der Waals surface area contributed by atoms with Gasteiger partial charge in [0.25, 0.3) is 0 Å². The molecule has 62 valence electrons. The van der Waals surface area contributed by atoms with Gasteiger partial charge in [0, 0.05) is 0 Å². The molecule has 6 nitrogen and oxygen atoms in total. The SMILES string of the molecule is Cc1nsc(-c2nnn(C)n2)n1. The van der Waals surface area contributed by atoms with Crippen molar-refractivity contribution in [3.05, 3.63) is 5.82 Å². The van der Waals surface area contributed by atoms with Crippen molar-refractivity contribution < 1.29 is 0 Å². The molecule has 0 unspecified atom stereocenters. The molecule has 0 aliphatic carbocycles. The molecule has 2 heterocycles. The molecule has 0 saturated heterocycles. The van der Waals surface area contributed by atoms with Crippen molar-refractivity contribution in [1.29, 1.82) is 0 Å². The van der Waals surface area contributed by atoms with Crippen LogP contribution in [0.4, 0.5) is 0 Å². The van der Waals surface area contributed by atoms with Crippen LogP contribution in [0.25, 0.3) is 10.8 Å². The van der Waals surface area contributed by atoms with Gasteiger partial charge in [-0.1, -0.05) is 0 Å². The molecule has 2 aromatic heterocycles. The largest absolute Gasteiger partial charge is 0.235 e. The van der Waals surface area contributed by atoms with Gasteiger partial charge < -0.3 is 0 Å². The van der Waals surface area contributed by atoms with Crippen LogP contribution in [0.2, 0.25) is 0 Å². The molecule has 0 fully saturated rings. The lowest BCUT2D eigenvalue weighted by Gasteiger charge is -1.80. The van der Waals surface area contributed by atoms with E-state index in [1.54, 1.807) is 7.05 Å². The monoisotopic (exact) mass is 182 g/mol. The third-order valence-corrected chi connectivity index (χ3v) is 2.03. The molecule has 0 radical (unpaired) electrons. The number of nitrogens with zero attached hydrogens (tertiary/aromatic N) is 6. The molecule has 0 N–H and O–H groups in total. The molecule has 0 saturated carbocycles. The topological polar surface area (TPSA) is 69.4 Å². The van der Waals surface area contributed by atoms with E-state index >= 15 is 0 Å². The standard InChI is InChI=1S/C5H6N6S/c1-3-6-5(12-9-3)4-7-10-11(2)8-4/h1-2H3. The minimum Gasteiger partial charge on any atom is -0.216 e. The minimum absolute atomic E-state index is 0.531. The second-order valence-electron chi connectivity index (χ2n) is 2.25. The van der Waals surface area contributed by atoms with E-state index in [2.05, 4.69) is 24.8 Å². The summed E-state index contributed by atoms with van der Waals surface area (Å²) >= 11 is 1.28. The highest BCUT2D eigenvalue weighted by molar-refractivity contribution is 7.09. The second-order valence-corrected chi connectivity index (χ2v) is 3.00. The zero-order valence-electron chi connectivity index (χ0n) is 6.59. The third kappa shape index (κ3) is 1.18. The zero-order chi connectivity index (χ0) is 8.55. The number of rotatable bonds is 1. The lowest BCUT2D eigenvalue weighted by atomic mass is 10.6. The van der Waals surface area contributed by atoms with Gasteiger partial charge >= 0.3 is 0 Å². The molecule has 7 heteroatoms. The first kappa shape index (κ1) is 7.29. The summed E-state index contributed by atoms with van der Waals surface area (Å²) < 4.78 is 4.02. The highest BCUT2D eigenvalue weighted by atomic mass is 32.1. The lowest BCUT2D eigenvalue weighted by molar-refractivity contribution is 0.630. The Kier molecular flexibility index (Phi) is 1.58. The van der Waals surface area contributed by atoms with Crippen molar-refractivity contribution in [2.45, 2.75) is 6.92 Å². The molecule has 2 rings (SSSR count). The van der Waals surface area contributed by atoms with E-state index in [4.69, 9.17) is 0 Å². The number of hydrogen-bond acceptors (Lipinski definition) is 6. The molecule has 12 heavy (non-hydrogen) atoms. The summed E-state index contributed by atoms with van der Waals surface area (Å²) in [6.45, 7) is 1.83. The Hall–Kier alpha value is -1.37. The van der Waals surface area contributed by atoms with Crippen LogP contribution in [0, 0.1) is 6.92 Å². The maximum Gasteiger partial charge on any atom is 0.235 e. The summed E-state index contributed by atoms with van der Waals surface area (Å²) in [4.78, 5) is 5.52. The molecule has 0 amide bonds. The first-order chi connectivity index (χ1) is 5.75. The summed E-state index contributed by atoms with van der Waals surface area (Å²) in [6, 6.07) is 0. The molecule has 0 aromatic carbocycles. The number of hydrogen-bond donors (Lipinski definition) is 0. The fourth-order valence-electron chi connectivity index (χ4n) is 0.758. The summed E-state index contributed by atoms with van der Waals surface area (Å²) in [6.07, 6.45) is 0. The highest BCUT2D eigenvalue weighted by Crippen LogP contribution is 2.14. The zero-order valence-corrected chi connectivity index (χ0v) is 7.41. The average Bonchev–Trinajstić information content (AvgIpc) is 2.58. The van der Waals surface area contributed by atoms with Gasteiger partial charge in [0.1, 0.15) is 5.82 Å². The van der Waals surface area contributed by atoms with E-state index in [1.807, 2.05) is 6.92 Å². The highest BCUT2D eigenvalue weighted by Gasteiger charge is 2.08. The Morgan fingerprint density at radius 1 is 1.42 bits per heavy atom. The van der Waals surface area contributed by atoms with Gasteiger partial charge in [0.2, 0.25) is 5.82 Å². The van der Waals surface area contributed by atoms with Crippen LogP contribution < -0.4 is 0 Å². The van der Waals surface area contributed by atoms with Gasteiger partial charge in [-0.3, -0.25) is 0 Å².